The second-order valence-corrected chi connectivity index (χ2v) is 4.59. The van der Waals surface area contributed by atoms with Crippen LogP contribution in [-0.4, -0.2) is 12.6 Å². The first-order valence-corrected chi connectivity index (χ1v) is 5.66. The van der Waals surface area contributed by atoms with Crippen molar-refractivity contribution in [2.24, 2.45) is 5.92 Å². The van der Waals surface area contributed by atoms with Gasteiger partial charge in [0.25, 0.3) is 0 Å². The molecular formula is C13H17NO2. The topological polar surface area (TPSA) is 29.5 Å². The van der Waals surface area contributed by atoms with Gasteiger partial charge in [-0.2, -0.15) is 0 Å². The Morgan fingerprint density at radius 2 is 2.06 bits per heavy atom. The smallest absolute Gasteiger partial charge is 0.414 e. The zero-order valence-electron chi connectivity index (χ0n) is 9.93. The number of nitrogens with zero attached hydrogens (tertiary/aromatic N) is 1. The minimum atomic E-state index is -0.236. The van der Waals surface area contributed by atoms with Crippen LogP contribution in [-0.2, 0) is 4.74 Å². The van der Waals surface area contributed by atoms with Crippen LogP contribution in [0.2, 0.25) is 0 Å². The Kier molecular flexibility index (Phi) is 2.86. The molecule has 3 heteroatoms. The van der Waals surface area contributed by atoms with E-state index in [-0.39, 0.29) is 12.2 Å². The summed E-state index contributed by atoms with van der Waals surface area (Å²) in [7, 11) is 0. The third kappa shape index (κ3) is 1.90. The van der Waals surface area contributed by atoms with Gasteiger partial charge in [0.1, 0.15) is 6.10 Å². The van der Waals surface area contributed by atoms with E-state index in [1.54, 1.807) is 4.90 Å². The van der Waals surface area contributed by atoms with Gasteiger partial charge in [0.05, 0.1) is 5.69 Å². The normalized spacial score (nSPS) is 19.6. The molecule has 2 rings (SSSR count). The second-order valence-electron chi connectivity index (χ2n) is 4.59. The van der Waals surface area contributed by atoms with Crippen LogP contribution in [0.1, 0.15) is 32.4 Å². The third-order valence-corrected chi connectivity index (χ3v) is 2.71. The second kappa shape index (κ2) is 4.16. The summed E-state index contributed by atoms with van der Waals surface area (Å²) >= 11 is 0. The number of carbonyl (C=O) groups excluding carboxylic acids is 1. The fourth-order valence-electron chi connectivity index (χ4n) is 1.99. The van der Waals surface area contributed by atoms with E-state index in [4.69, 9.17) is 4.74 Å². The van der Waals surface area contributed by atoms with E-state index in [9.17, 15) is 4.79 Å². The first-order chi connectivity index (χ1) is 7.59. The van der Waals surface area contributed by atoms with Crippen molar-refractivity contribution in [2.75, 3.05) is 11.4 Å². The van der Waals surface area contributed by atoms with E-state index in [0.717, 1.165) is 11.3 Å². The summed E-state index contributed by atoms with van der Waals surface area (Å²) < 4.78 is 5.31. The summed E-state index contributed by atoms with van der Waals surface area (Å²) in [6.07, 6.45) is -0.382. The van der Waals surface area contributed by atoms with Crippen LogP contribution in [0.4, 0.5) is 10.5 Å². The summed E-state index contributed by atoms with van der Waals surface area (Å²) in [4.78, 5) is 13.5. The van der Waals surface area contributed by atoms with E-state index in [0.29, 0.717) is 12.5 Å². The molecule has 0 fully saturated rings. The number of hydrogen-bond acceptors (Lipinski definition) is 2. The standard InChI is InChI=1S/C13H17NO2/c1-9(2)8-14-12-7-5-4-6-11(12)10(3)16-13(14)15/h4-7,9-10H,8H2,1-3H3. The molecule has 1 aromatic carbocycles. The van der Waals surface area contributed by atoms with Gasteiger partial charge in [0, 0.05) is 12.1 Å². The van der Waals surface area contributed by atoms with E-state index in [1.807, 2.05) is 31.2 Å². The van der Waals surface area contributed by atoms with Crippen molar-refractivity contribution in [3.8, 4) is 0 Å². The van der Waals surface area contributed by atoms with E-state index < -0.39 is 0 Å². The number of hydrogen-bond donors (Lipinski definition) is 0. The molecule has 1 aliphatic heterocycles. The van der Waals surface area contributed by atoms with Gasteiger partial charge in [-0.3, -0.25) is 4.90 Å². The number of fused-ring (bicyclic) bond motifs is 1. The lowest BCUT2D eigenvalue weighted by Gasteiger charge is -2.33. The Morgan fingerprint density at radius 3 is 2.75 bits per heavy atom. The molecule has 1 unspecified atom stereocenters. The lowest BCUT2D eigenvalue weighted by molar-refractivity contribution is 0.107. The lowest BCUT2D eigenvalue weighted by atomic mass is 10.0. The van der Waals surface area contributed by atoms with Gasteiger partial charge in [0.2, 0.25) is 0 Å². The highest BCUT2D eigenvalue weighted by molar-refractivity contribution is 5.90. The summed E-state index contributed by atoms with van der Waals surface area (Å²) in [5, 5.41) is 0. The maximum atomic E-state index is 11.8. The van der Waals surface area contributed by atoms with Crippen molar-refractivity contribution in [1.29, 1.82) is 0 Å². The maximum Gasteiger partial charge on any atom is 0.414 e. The Hall–Kier alpha value is -1.51. The van der Waals surface area contributed by atoms with Gasteiger partial charge >= 0.3 is 6.09 Å². The average Bonchev–Trinajstić information content (AvgIpc) is 2.24. The molecule has 0 aromatic heterocycles. The van der Waals surface area contributed by atoms with E-state index >= 15 is 0 Å². The van der Waals surface area contributed by atoms with Gasteiger partial charge in [-0.05, 0) is 18.9 Å². The van der Waals surface area contributed by atoms with E-state index in [2.05, 4.69) is 13.8 Å². The number of anilines is 1. The van der Waals surface area contributed by atoms with Crippen LogP contribution < -0.4 is 4.90 Å². The van der Waals surface area contributed by atoms with Crippen molar-refractivity contribution in [3.05, 3.63) is 29.8 Å². The fraction of sp³-hybridized carbons (Fsp3) is 0.462. The molecule has 0 radical (unpaired) electrons. The molecule has 1 aliphatic rings. The maximum absolute atomic E-state index is 11.8. The largest absolute Gasteiger partial charge is 0.441 e. The van der Waals surface area contributed by atoms with Crippen molar-refractivity contribution in [3.63, 3.8) is 0 Å². The fourth-order valence-corrected chi connectivity index (χ4v) is 1.99. The monoisotopic (exact) mass is 219 g/mol. The average molecular weight is 219 g/mol. The molecular weight excluding hydrogens is 202 g/mol. The SMILES string of the molecule is CC(C)CN1C(=O)OC(C)c2ccccc21. The van der Waals surface area contributed by atoms with Crippen molar-refractivity contribution < 1.29 is 9.53 Å². The van der Waals surface area contributed by atoms with Crippen molar-refractivity contribution in [1.82, 2.24) is 0 Å². The number of amides is 1. The lowest BCUT2D eigenvalue weighted by Crippen LogP contribution is -2.39. The van der Waals surface area contributed by atoms with Crippen LogP contribution >= 0.6 is 0 Å². The molecule has 86 valence electrons. The highest BCUT2D eigenvalue weighted by Crippen LogP contribution is 2.34. The zero-order valence-corrected chi connectivity index (χ0v) is 9.93. The van der Waals surface area contributed by atoms with Crippen LogP contribution in [0.15, 0.2) is 24.3 Å². The number of benzene rings is 1. The predicted molar refractivity (Wildman–Crippen MR) is 63.5 cm³/mol. The predicted octanol–water partition coefficient (Wildman–Crippen LogP) is 3.36. The summed E-state index contributed by atoms with van der Waals surface area (Å²) in [6.45, 7) is 6.79. The highest BCUT2D eigenvalue weighted by atomic mass is 16.6. The van der Waals surface area contributed by atoms with Gasteiger partial charge < -0.3 is 4.74 Å². The number of ether oxygens (including phenoxy) is 1. The molecule has 1 heterocycles. The molecule has 1 aromatic rings. The Labute approximate surface area is 96.0 Å². The molecule has 1 amide bonds. The summed E-state index contributed by atoms with van der Waals surface area (Å²) in [5.41, 5.74) is 2.07. The number of cyclic esters (lactones) is 1. The minimum Gasteiger partial charge on any atom is -0.441 e. The van der Waals surface area contributed by atoms with Gasteiger partial charge in [0.15, 0.2) is 0 Å². The number of para-hydroxylation sites is 1. The molecule has 0 bridgehead atoms. The van der Waals surface area contributed by atoms with Crippen LogP contribution in [0.3, 0.4) is 0 Å². The molecule has 1 atom stereocenters. The Bertz CT molecular complexity index is 401. The Morgan fingerprint density at radius 1 is 1.38 bits per heavy atom. The van der Waals surface area contributed by atoms with Crippen LogP contribution in [0.5, 0.6) is 0 Å². The Balaban J connectivity index is 2.39. The van der Waals surface area contributed by atoms with Crippen molar-refractivity contribution in [2.45, 2.75) is 26.9 Å². The molecule has 0 saturated carbocycles. The van der Waals surface area contributed by atoms with Crippen molar-refractivity contribution >= 4 is 11.8 Å². The van der Waals surface area contributed by atoms with E-state index in [1.165, 1.54) is 0 Å². The third-order valence-electron chi connectivity index (χ3n) is 2.71. The molecule has 0 saturated heterocycles. The van der Waals surface area contributed by atoms with Gasteiger partial charge in [-0.1, -0.05) is 32.0 Å². The molecule has 3 nitrogen and oxygen atoms in total. The minimum absolute atomic E-state index is 0.146. The number of rotatable bonds is 2. The molecule has 0 spiro atoms. The highest BCUT2D eigenvalue weighted by Gasteiger charge is 2.29. The first-order valence-electron chi connectivity index (χ1n) is 5.66. The van der Waals surface area contributed by atoms with Crippen LogP contribution in [0, 0.1) is 5.92 Å². The summed E-state index contributed by atoms with van der Waals surface area (Å²) in [5.74, 6) is 0.425. The molecule has 0 aliphatic carbocycles. The zero-order chi connectivity index (χ0) is 11.7. The molecule has 0 N–H and O–H groups in total. The number of carbonyl (C=O) groups is 1. The van der Waals surface area contributed by atoms with Gasteiger partial charge in [-0.15, -0.1) is 0 Å². The molecule has 16 heavy (non-hydrogen) atoms. The van der Waals surface area contributed by atoms with Gasteiger partial charge in [-0.25, -0.2) is 4.79 Å². The van der Waals surface area contributed by atoms with Crippen LogP contribution in [0.25, 0.3) is 0 Å². The first kappa shape index (κ1) is 11.0. The quantitative estimate of drug-likeness (QED) is 0.763. The summed E-state index contributed by atoms with van der Waals surface area (Å²) in [6, 6.07) is 7.92.